The van der Waals surface area contributed by atoms with E-state index in [0.717, 1.165) is 6.42 Å². The van der Waals surface area contributed by atoms with E-state index in [2.05, 4.69) is 15.5 Å². The van der Waals surface area contributed by atoms with E-state index in [1.54, 1.807) is 12.1 Å². The molecule has 2 rings (SSSR count). The fourth-order valence-corrected chi connectivity index (χ4v) is 1.42. The van der Waals surface area contributed by atoms with Crippen LogP contribution in [0.3, 0.4) is 0 Å². The minimum atomic E-state index is -0.387. The lowest BCUT2D eigenvalue weighted by Gasteiger charge is -1.97. The number of hydrogen-bond donors (Lipinski definition) is 1. The first-order valence-corrected chi connectivity index (χ1v) is 5.58. The zero-order chi connectivity index (χ0) is 13.0. The van der Waals surface area contributed by atoms with E-state index in [9.17, 15) is 9.18 Å². The molecular weight excluding hydrogens is 237 g/mol. The molecule has 5 nitrogen and oxygen atoms in total. The van der Waals surface area contributed by atoms with Gasteiger partial charge in [0.15, 0.2) is 0 Å². The lowest BCUT2D eigenvalue weighted by Crippen LogP contribution is -2.10. The zero-order valence-electron chi connectivity index (χ0n) is 9.81. The van der Waals surface area contributed by atoms with Gasteiger partial charge in [0.1, 0.15) is 5.82 Å². The number of halogens is 1. The fraction of sp³-hybridized carbons (Fsp3) is 0.250. The van der Waals surface area contributed by atoms with Crippen LogP contribution in [0, 0.1) is 5.82 Å². The SMILES string of the molecule is CCCC(=O)Nc1nnc(-c2cccc(F)c2)o1. The largest absolute Gasteiger partial charge is 0.403 e. The van der Waals surface area contributed by atoms with Crippen LogP contribution in [0.5, 0.6) is 0 Å². The van der Waals surface area contributed by atoms with Crippen molar-refractivity contribution >= 4 is 11.9 Å². The van der Waals surface area contributed by atoms with Crippen molar-refractivity contribution in [3.05, 3.63) is 30.1 Å². The Bertz CT molecular complexity index is 554. The molecule has 0 aliphatic rings. The van der Waals surface area contributed by atoms with Gasteiger partial charge in [0, 0.05) is 12.0 Å². The third-order valence-electron chi connectivity index (χ3n) is 2.22. The summed E-state index contributed by atoms with van der Waals surface area (Å²) in [4.78, 5) is 11.3. The van der Waals surface area contributed by atoms with Gasteiger partial charge in [0.25, 0.3) is 0 Å². The van der Waals surface area contributed by atoms with E-state index in [1.807, 2.05) is 6.92 Å². The maximum Gasteiger partial charge on any atom is 0.322 e. The lowest BCUT2D eigenvalue weighted by molar-refractivity contribution is -0.116. The van der Waals surface area contributed by atoms with Gasteiger partial charge in [-0.25, -0.2) is 4.39 Å². The van der Waals surface area contributed by atoms with Crippen molar-refractivity contribution in [2.75, 3.05) is 5.32 Å². The van der Waals surface area contributed by atoms with Crippen molar-refractivity contribution < 1.29 is 13.6 Å². The normalized spacial score (nSPS) is 10.3. The van der Waals surface area contributed by atoms with Crippen LogP contribution in [-0.4, -0.2) is 16.1 Å². The van der Waals surface area contributed by atoms with E-state index in [4.69, 9.17) is 4.42 Å². The van der Waals surface area contributed by atoms with Crippen molar-refractivity contribution in [1.82, 2.24) is 10.2 Å². The first-order valence-electron chi connectivity index (χ1n) is 5.58. The summed E-state index contributed by atoms with van der Waals surface area (Å²) in [6.07, 6.45) is 1.12. The Labute approximate surface area is 103 Å². The number of aromatic nitrogens is 2. The number of anilines is 1. The summed E-state index contributed by atoms with van der Waals surface area (Å²) < 4.78 is 18.2. The second-order valence-corrected chi connectivity index (χ2v) is 3.72. The maximum absolute atomic E-state index is 13.0. The van der Waals surface area contributed by atoms with Crippen LogP contribution < -0.4 is 5.32 Å². The Hall–Kier alpha value is -2.24. The Morgan fingerprint density at radius 3 is 3.00 bits per heavy atom. The molecule has 0 bridgehead atoms. The number of carbonyl (C=O) groups is 1. The van der Waals surface area contributed by atoms with Crippen LogP contribution in [0.2, 0.25) is 0 Å². The molecule has 1 heterocycles. The summed E-state index contributed by atoms with van der Waals surface area (Å²) in [5.74, 6) is -0.407. The van der Waals surface area contributed by atoms with Crippen LogP contribution >= 0.6 is 0 Å². The molecular formula is C12H12FN3O2. The number of rotatable bonds is 4. The summed E-state index contributed by atoms with van der Waals surface area (Å²) >= 11 is 0. The smallest absolute Gasteiger partial charge is 0.322 e. The molecule has 0 radical (unpaired) electrons. The molecule has 1 aromatic heterocycles. The molecule has 94 valence electrons. The Balaban J connectivity index is 2.13. The lowest BCUT2D eigenvalue weighted by atomic mass is 10.2. The van der Waals surface area contributed by atoms with Gasteiger partial charge in [0.05, 0.1) is 0 Å². The molecule has 0 fully saturated rings. The van der Waals surface area contributed by atoms with E-state index in [1.165, 1.54) is 12.1 Å². The van der Waals surface area contributed by atoms with Gasteiger partial charge < -0.3 is 4.42 Å². The van der Waals surface area contributed by atoms with Crippen LogP contribution in [0.25, 0.3) is 11.5 Å². The van der Waals surface area contributed by atoms with Crippen LogP contribution in [0.1, 0.15) is 19.8 Å². The topological polar surface area (TPSA) is 68.0 Å². The van der Waals surface area contributed by atoms with Crippen LogP contribution in [0.15, 0.2) is 28.7 Å². The third-order valence-corrected chi connectivity index (χ3v) is 2.22. The molecule has 0 aliphatic carbocycles. The Morgan fingerprint density at radius 2 is 2.28 bits per heavy atom. The minimum absolute atomic E-state index is 0.0210. The average molecular weight is 249 g/mol. The van der Waals surface area contributed by atoms with Crippen molar-refractivity contribution in [3.63, 3.8) is 0 Å². The van der Waals surface area contributed by atoms with Crippen LogP contribution in [-0.2, 0) is 4.79 Å². The van der Waals surface area contributed by atoms with E-state index < -0.39 is 0 Å². The monoisotopic (exact) mass is 249 g/mol. The molecule has 0 unspecified atom stereocenters. The predicted molar refractivity (Wildman–Crippen MR) is 63.2 cm³/mol. The third kappa shape index (κ3) is 2.91. The summed E-state index contributed by atoms with van der Waals surface area (Å²) in [7, 11) is 0. The van der Waals surface area contributed by atoms with Gasteiger partial charge in [-0.2, -0.15) is 0 Å². The zero-order valence-corrected chi connectivity index (χ0v) is 9.81. The maximum atomic E-state index is 13.0. The average Bonchev–Trinajstić information content (AvgIpc) is 2.78. The number of carbonyl (C=O) groups excluding carboxylic acids is 1. The molecule has 1 N–H and O–H groups in total. The second-order valence-electron chi connectivity index (χ2n) is 3.72. The van der Waals surface area contributed by atoms with E-state index in [0.29, 0.717) is 12.0 Å². The van der Waals surface area contributed by atoms with Gasteiger partial charge in [-0.3, -0.25) is 10.1 Å². The molecule has 0 saturated carbocycles. The minimum Gasteiger partial charge on any atom is -0.403 e. The first-order chi connectivity index (χ1) is 8.69. The van der Waals surface area contributed by atoms with E-state index in [-0.39, 0.29) is 23.6 Å². The number of hydrogen-bond acceptors (Lipinski definition) is 4. The molecule has 0 spiro atoms. The highest BCUT2D eigenvalue weighted by atomic mass is 19.1. The highest BCUT2D eigenvalue weighted by Gasteiger charge is 2.11. The molecule has 1 amide bonds. The number of nitrogens with zero attached hydrogens (tertiary/aromatic N) is 2. The van der Waals surface area contributed by atoms with Crippen molar-refractivity contribution in [3.8, 4) is 11.5 Å². The standard InChI is InChI=1S/C12H12FN3O2/c1-2-4-10(17)14-12-16-15-11(18-12)8-5-3-6-9(13)7-8/h3,5-7H,2,4H2,1H3,(H,14,16,17). The van der Waals surface area contributed by atoms with E-state index >= 15 is 0 Å². The molecule has 18 heavy (non-hydrogen) atoms. The molecule has 0 saturated heterocycles. The fourth-order valence-electron chi connectivity index (χ4n) is 1.42. The summed E-state index contributed by atoms with van der Waals surface area (Å²) in [5, 5.41) is 9.89. The van der Waals surface area contributed by atoms with Gasteiger partial charge in [-0.1, -0.05) is 18.1 Å². The molecule has 2 aromatic rings. The van der Waals surface area contributed by atoms with Crippen LogP contribution in [0.4, 0.5) is 10.4 Å². The Morgan fingerprint density at radius 1 is 1.44 bits per heavy atom. The summed E-state index contributed by atoms with van der Waals surface area (Å²) in [6, 6.07) is 5.82. The molecule has 0 aliphatic heterocycles. The number of nitrogens with one attached hydrogen (secondary N) is 1. The number of benzene rings is 1. The Kier molecular flexibility index (Phi) is 3.66. The number of amides is 1. The highest BCUT2D eigenvalue weighted by Crippen LogP contribution is 2.20. The van der Waals surface area contributed by atoms with Crippen molar-refractivity contribution in [1.29, 1.82) is 0 Å². The molecule has 1 aromatic carbocycles. The predicted octanol–water partition coefficient (Wildman–Crippen LogP) is 2.61. The first kappa shape index (κ1) is 12.2. The van der Waals surface area contributed by atoms with Gasteiger partial charge >= 0.3 is 6.01 Å². The van der Waals surface area contributed by atoms with Crippen molar-refractivity contribution in [2.45, 2.75) is 19.8 Å². The van der Waals surface area contributed by atoms with Gasteiger partial charge in [-0.05, 0) is 24.6 Å². The van der Waals surface area contributed by atoms with Crippen molar-refractivity contribution in [2.24, 2.45) is 0 Å². The summed E-state index contributed by atoms with van der Waals surface area (Å²) in [6.45, 7) is 1.89. The molecule has 0 atom stereocenters. The summed E-state index contributed by atoms with van der Waals surface area (Å²) in [5.41, 5.74) is 0.471. The highest BCUT2D eigenvalue weighted by molar-refractivity contribution is 5.88. The quantitative estimate of drug-likeness (QED) is 0.904. The van der Waals surface area contributed by atoms with Gasteiger partial charge in [0.2, 0.25) is 11.8 Å². The molecule has 6 heteroatoms. The second kappa shape index (κ2) is 5.39. The van der Waals surface area contributed by atoms with Gasteiger partial charge in [-0.15, -0.1) is 5.10 Å².